The van der Waals surface area contributed by atoms with Gasteiger partial charge in [-0.25, -0.2) is 4.98 Å². The maximum Gasteiger partial charge on any atom is 0.311 e. The molecule has 0 aliphatic rings. The third-order valence-corrected chi connectivity index (χ3v) is 4.96. The van der Waals surface area contributed by atoms with Crippen molar-refractivity contribution in [2.45, 2.75) is 33.1 Å². The van der Waals surface area contributed by atoms with Crippen molar-refractivity contribution in [2.24, 2.45) is 5.41 Å². The van der Waals surface area contributed by atoms with Gasteiger partial charge in [-0.15, -0.1) is 0 Å². The minimum atomic E-state index is -0.462. The average Bonchev–Trinajstić information content (AvgIpc) is 2.72. The first-order chi connectivity index (χ1) is 13.5. The summed E-state index contributed by atoms with van der Waals surface area (Å²) in [7, 11) is 1.43. The number of fused-ring (bicyclic) bond motifs is 1. The normalized spacial score (nSPS) is 11.4. The molecule has 0 saturated carbocycles. The smallest absolute Gasteiger partial charge is 0.311 e. The number of nitrogens with zero attached hydrogens (tertiary/aromatic N) is 1. The molecule has 1 heterocycles. The fourth-order valence-corrected chi connectivity index (χ4v) is 3.31. The molecular weight excluding hydrogens is 350 g/mol. The van der Waals surface area contributed by atoms with Crippen molar-refractivity contribution in [3.05, 3.63) is 60.7 Å². The van der Waals surface area contributed by atoms with Gasteiger partial charge in [0, 0.05) is 11.5 Å². The Morgan fingerprint density at radius 2 is 1.71 bits per heavy atom. The highest BCUT2D eigenvalue weighted by atomic mass is 16.5. The van der Waals surface area contributed by atoms with E-state index >= 15 is 0 Å². The second-order valence-electron chi connectivity index (χ2n) is 7.57. The van der Waals surface area contributed by atoms with E-state index in [1.165, 1.54) is 7.11 Å². The minimum absolute atomic E-state index is 0.169. The molecule has 1 aromatic heterocycles. The zero-order valence-corrected chi connectivity index (χ0v) is 16.8. The second kappa shape index (κ2) is 8.87. The van der Waals surface area contributed by atoms with E-state index in [-0.39, 0.29) is 5.97 Å². The highest BCUT2D eigenvalue weighted by Gasteiger charge is 2.27. The van der Waals surface area contributed by atoms with Gasteiger partial charge in [-0.3, -0.25) is 4.79 Å². The van der Waals surface area contributed by atoms with Crippen molar-refractivity contribution in [1.82, 2.24) is 4.98 Å². The van der Waals surface area contributed by atoms with E-state index in [1.54, 1.807) is 0 Å². The SMILES string of the molecule is COC(=O)C(C)(C)CCCCOc1cc(-c2ccccc2)c2ccccc2n1. The first-order valence-electron chi connectivity index (χ1n) is 9.68. The first-order valence-corrected chi connectivity index (χ1v) is 9.68. The van der Waals surface area contributed by atoms with Crippen LogP contribution in [0.3, 0.4) is 0 Å². The predicted octanol–water partition coefficient (Wildman–Crippen LogP) is 5.65. The summed E-state index contributed by atoms with van der Waals surface area (Å²) in [5.74, 6) is 0.460. The summed E-state index contributed by atoms with van der Waals surface area (Å²) in [5.41, 5.74) is 2.72. The van der Waals surface area contributed by atoms with Crippen LogP contribution in [0.5, 0.6) is 5.88 Å². The van der Waals surface area contributed by atoms with Crippen LogP contribution in [-0.4, -0.2) is 24.7 Å². The Hall–Kier alpha value is -2.88. The first kappa shape index (κ1) is 19.9. The van der Waals surface area contributed by atoms with Crippen LogP contribution in [0.25, 0.3) is 22.0 Å². The number of carbonyl (C=O) groups excluding carboxylic acids is 1. The third-order valence-electron chi connectivity index (χ3n) is 4.96. The van der Waals surface area contributed by atoms with Crippen LogP contribution in [0.2, 0.25) is 0 Å². The Labute approximate surface area is 166 Å². The molecule has 0 radical (unpaired) electrons. The zero-order valence-electron chi connectivity index (χ0n) is 16.8. The molecule has 0 saturated heterocycles. The van der Waals surface area contributed by atoms with Gasteiger partial charge in [-0.05, 0) is 50.3 Å². The lowest BCUT2D eigenvalue weighted by atomic mass is 9.87. The maximum atomic E-state index is 11.8. The van der Waals surface area contributed by atoms with E-state index in [0.29, 0.717) is 12.5 Å². The van der Waals surface area contributed by atoms with Crippen LogP contribution >= 0.6 is 0 Å². The van der Waals surface area contributed by atoms with Gasteiger partial charge in [0.2, 0.25) is 5.88 Å². The van der Waals surface area contributed by atoms with Gasteiger partial charge in [0.25, 0.3) is 0 Å². The lowest BCUT2D eigenvalue weighted by Crippen LogP contribution is -2.25. The number of para-hydroxylation sites is 1. The number of unbranched alkanes of at least 4 members (excludes halogenated alkanes) is 1. The van der Waals surface area contributed by atoms with Crippen molar-refractivity contribution in [1.29, 1.82) is 0 Å². The summed E-state index contributed by atoms with van der Waals surface area (Å²) >= 11 is 0. The number of methoxy groups -OCH3 is 1. The molecule has 3 aromatic rings. The molecule has 0 aliphatic heterocycles. The number of hydrogen-bond donors (Lipinski definition) is 0. The molecular formula is C24H27NO3. The number of pyridine rings is 1. The number of ether oxygens (including phenoxy) is 2. The lowest BCUT2D eigenvalue weighted by molar-refractivity contribution is -0.151. The van der Waals surface area contributed by atoms with Gasteiger partial charge in [0.05, 0.1) is 24.6 Å². The molecule has 0 unspecified atom stereocenters. The van der Waals surface area contributed by atoms with Gasteiger partial charge < -0.3 is 9.47 Å². The number of hydrogen-bond acceptors (Lipinski definition) is 4. The Bertz CT molecular complexity index is 935. The van der Waals surface area contributed by atoms with E-state index in [4.69, 9.17) is 9.47 Å². The summed E-state index contributed by atoms with van der Waals surface area (Å²) < 4.78 is 10.8. The molecule has 0 N–H and O–H groups in total. The minimum Gasteiger partial charge on any atom is -0.478 e. The van der Waals surface area contributed by atoms with Gasteiger partial charge >= 0.3 is 5.97 Å². The summed E-state index contributed by atoms with van der Waals surface area (Å²) in [4.78, 5) is 16.4. The van der Waals surface area contributed by atoms with Crippen molar-refractivity contribution >= 4 is 16.9 Å². The Balaban J connectivity index is 1.68. The largest absolute Gasteiger partial charge is 0.478 e. The van der Waals surface area contributed by atoms with E-state index < -0.39 is 5.41 Å². The van der Waals surface area contributed by atoms with Crippen LogP contribution in [0, 0.1) is 5.41 Å². The van der Waals surface area contributed by atoms with E-state index in [9.17, 15) is 4.79 Å². The highest BCUT2D eigenvalue weighted by molar-refractivity contribution is 5.95. The molecule has 4 heteroatoms. The predicted molar refractivity (Wildman–Crippen MR) is 112 cm³/mol. The third kappa shape index (κ3) is 4.69. The van der Waals surface area contributed by atoms with Gasteiger partial charge in [0.15, 0.2) is 0 Å². The Kier molecular flexibility index (Phi) is 6.30. The fourth-order valence-electron chi connectivity index (χ4n) is 3.31. The molecule has 0 aliphatic carbocycles. The van der Waals surface area contributed by atoms with Crippen LogP contribution in [0.1, 0.15) is 33.1 Å². The standard InChI is InChI=1S/C24H27NO3/c1-24(2,23(26)27-3)15-9-10-16-28-22-17-20(18-11-5-4-6-12-18)19-13-7-8-14-21(19)25-22/h4-8,11-14,17H,9-10,15-16H2,1-3H3. The number of benzene rings is 2. The van der Waals surface area contributed by atoms with Crippen molar-refractivity contribution in [2.75, 3.05) is 13.7 Å². The molecule has 0 fully saturated rings. The summed E-state index contributed by atoms with van der Waals surface area (Å²) in [5, 5.41) is 1.11. The van der Waals surface area contributed by atoms with E-state index in [1.807, 2.05) is 56.3 Å². The molecule has 2 aromatic carbocycles. The number of carbonyl (C=O) groups is 1. The Morgan fingerprint density at radius 1 is 1.00 bits per heavy atom. The molecule has 3 rings (SSSR count). The summed E-state index contributed by atoms with van der Waals surface area (Å²) in [6.07, 6.45) is 2.51. The summed E-state index contributed by atoms with van der Waals surface area (Å²) in [6.45, 7) is 4.39. The van der Waals surface area contributed by atoms with Crippen LogP contribution in [0.15, 0.2) is 60.7 Å². The molecule has 0 spiro atoms. The zero-order chi connectivity index (χ0) is 20.0. The molecule has 0 bridgehead atoms. The second-order valence-corrected chi connectivity index (χ2v) is 7.57. The molecule has 0 atom stereocenters. The van der Waals surface area contributed by atoms with Crippen molar-refractivity contribution < 1.29 is 14.3 Å². The van der Waals surface area contributed by atoms with E-state index in [2.05, 4.69) is 23.2 Å². The lowest BCUT2D eigenvalue weighted by Gasteiger charge is -2.21. The van der Waals surface area contributed by atoms with Gasteiger partial charge in [-0.2, -0.15) is 0 Å². The molecule has 146 valence electrons. The average molecular weight is 377 g/mol. The molecule has 4 nitrogen and oxygen atoms in total. The van der Waals surface area contributed by atoms with Crippen molar-refractivity contribution in [3.8, 4) is 17.0 Å². The van der Waals surface area contributed by atoms with Crippen LogP contribution in [0.4, 0.5) is 0 Å². The van der Waals surface area contributed by atoms with Crippen molar-refractivity contribution in [3.63, 3.8) is 0 Å². The fraction of sp³-hybridized carbons (Fsp3) is 0.333. The molecule has 0 amide bonds. The number of aromatic nitrogens is 1. The summed E-state index contributed by atoms with van der Waals surface area (Å²) in [6, 6.07) is 20.4. The Morgan fingerprint density at radius 3 is 2.46 bits per heavy atom. The number of esters is 1. The monoisotopic (exact) mass is 377 g/mol. The molecule has 28 heavy (non-hydrogen) atoms. The van der Waals surface area contributed by atoms with Gasteiger partial charge in [0.1, 0.15) is 0 Å². The maximum absolute atomic E-state index is 11.8. The van der Waals surface area contributed by atoms with Gasteiger partial charge in [-0.1, -0.05) is 48.5 Å². The van der Waals surface area contributed by atoms with Crippen LogP contribution < -0.4 is 4.74 Å². The van der Waals surface area contributed by atoms with Crippen LogP contribution in [-0.2, 0) is 9.53 Å². The van der Waals surface area contributed by atoms with E-state index in [0.717, 1.165) is 41.3 Å². The number of rotatable bonds is 8. The topological polar surface area (TPSA) is 48.4 Å². The quantitative estimate of drug-likeness (QED) is 0.376. The highest BCUT2D eigenvalue weighted by Crippen LogP contribution is 2.31.